The highest BCUT2D eigenvalue weighted by atomic mass is 16.5. The van der Waals surface area contributed by atoms with E-state index < -0.39 is 0 Å². The smallest absolute Gasteiger partial charge is 0.228 e. The van der Waals surface area contributed by atoms with Gasteiger partial charge in [-0.25, -0.2) is 9.50 Å². The highest BCUT2D eigenvalue weighted by Crippen LogP contribution is 2.21. The van der Waals surface area contributed by atoms with Crippen molar-refractivity contribution < 1.29 is 9.47 Å². The van der Waals surface area contributed by atoms with E-state index in [0.29, 0.717) is 17.7 Å². The van der Waals surface area contributed by atoms with Gasteiger partial charge in [0, 0.05) is 56.5 Å². The molecule has 0 radical (unpaired) electrons. The Kier molecular flexibility index (Phi) is 3.86. The van der Waals surface area contributed by atoms with Crippen LogP contribution in [0.5, 0.6) is 11.8 Å². The first-order valence-corrected chi connectivity index (χ1v) is 7.91. The Balaban J connectivity index is 1.38. The number of methoxy groups -OCH3 is 1. The Labute approximate surface area is 139 Å². The fraction of sp³-hybridized carbons (Fsp3) is 0.375. The highest BCUT2D eigenvalue weighted by Gasteiger charge is 2.23. The van der Waals surface area contributed by atoms with Crippen LogP contribution in [0, 0.1) is 0 Å². The van der Waals surface area contributed by atoms with Crippen molar-refractivity contribution in [1.82, 2.24) is 24.6 Å². The van der Waals surface area contributed by atoms with Crippen LogP contribution in [0.1, 0.15) is 12.8 Å². The van der Waals surface area contributed by atoms with Crippen LogP contribution >= 0.6 is 0 Å². The lowest BCUT2D eigenvalue weighted by Crippen LogP contribution is -2.39. The summed E-state index contributed by atoms with van der Waals surface area (Å²) in [6.07, 6.45) is 7.23. The Morgan fingerprint density at radius 3 is 2.75 bits per heavy atom. The molecule has 1 aliphatic heterocycles. The summed E-state index contributed by atoms with van der Waals surface area (Å²) in [5.74, 6) is 1.92. The Hall–Kier alpha value is -2.90. The summed E-state index contributed by atoms with van der Waals surface area (Å²) >= 11 is 0. The molecule has 0 spiro atoms. The zero-order chi connectivity index (χ0) is 16.4. The highest BCUT2D eigenvalue weighted by molar-refractivity contribution is 5.38. The molecule has 4 rings (SSSR count). The van der Waals surface area contributed by atoms with E-state index in [1.165, 1.54) is 0 Å². The summed E-state index contributed by atoms with van der Waals surface area (Å²) in [7, 11) is 1.61. The lowest BCUT2D eigenvalue weighted by atomic mass is 10.1. The topological polar surface area (TPSA) is 77.7 Å². The van der Waals surface area contributed by atoms with Gasteiger partial charge < -0.3 is 14.4 Å². The molecule has 1 saturated heterocycles. The van der Waals surface area contributed by atoms with Crippen LogP contribution in [0.25, 0.3) is 5.65 Å². The van der Waals surface area contributed by atoms with Crippen LogP contribution < -0.4 is 14.4 Å². The number of rotatable bonds is 4. The van der Waals surface area contributed by atoms with Gasteiger partial charge in [-0.05, 0) is 0 Å². The second kappa shape index (κ2) is 6.31. The van der Waals surface area contributed by atoms with Crippen LogP contribution in [-0.2, 0) is 0 Å². The van der Waals surface area contributed by atoms with Gasteiger partial charge in [0.25, 0.3) is 0 Å². The van der Waals surface area contributed by atoms with Crippen LogP contribution in [0.3, 0.4) is 0 Å². The van der Waals surface area contributed by atoms with Crippen LogP contribution in [0.4, 0.5) is 5.95 Å². The minimum atomic E-state index is 0.143. The number of piperidine rings is 1. The third-order valence-corrected chi connectivity index (χ3v) is 4.07. The van der Waals surface area contributed by atoms with E-state index in [1.807, 2.05) is 18.3 Å². The molecule has 0 aliphatic carbocycles. The van der Waals surface area contributed by atoms with Gasteiger partial charge in [0.05, 0.1) is 13.3 Å². The molecule has 8 heteroatoms. The van der Waals surface area contributed by atoms with Crippen molar-refractivity contribution in [3.05, 3.63) is 36.8 Å². The van der Waals surface area contributed by atoms with Gasteiger partial charge in [0.15, 0.2) is 5.65 Å². The number of nitrogens with zero attached hydrogens (tertiary/aromatic N) is 6. The van der Waals surface area contributed by atoms with Gasteiger partial charge >= 0.3 is 0 Å². The number of aromatic nitrogens is 5. The molecule has 124 valence electrons. The molecular formula is C16H18N6O2. The standard InChI is InChI=1S/C16H18N6O2/c1-23-14-3-7-17-16(20-14)21-9-4-12(5-10-21)24-15-6-11-22-13(19-15)2-8-18-22/h2-3,6-8,11-12H,4-5,9-10H2,1H3. The maximum absolute atomic E-state index is 6.02. The lowest BCUT2D eigenvalue weighted by molar-refractivity contribution is 0.163. The van der Waals surface area contributed by atoms with E-state index in [2.05, 4.69) is 25.0 Å². The largest absolute Gasteiger partial charge is 0.481 e. The van der Waals surface area contributed by atoms with E-state index in [4.69, 9.17) is 9.47 Å². The van der Waals surface area contributed by atoms with E-state index in [9.17, 15) is 0 Å². The average molecular weight is 326 g/mol. The van der Waals surface area contributed by atoms with E-state index >= 15 is 0 Å². The zero-order valence-corrected chi connectivity index (χ0v) is 13.4. The fourth-order valence-corrected chi connectivity index (χ4v) is 2.80. The maximum Gasteiger partial charge on any atom is 0.228 e. The van der Waals surface area contributed by atoms with Crippen molar-refractivity contribution >= 4 is 11.6 Å². The van der Waals surface area contributed by atoms with Gasteiger partial charge in [-0.15, -0.1) is 0 Å². The molecule has 0 atom stereocenters. The van der Waals surface area contributed by atoms with Crippen LogP contribution in [-0.4, -0.2) is 50.9 Å². The molecule has 0 amide bonds. The third kappa shape index (κ3) is 2.94. The van der Waals surface area contributed by atoms with E-state index in [0.717, 1.165) is 31.6 Å². The number of anilines is 1. The van der Waals surface area contributed by atoms with Crippen molar-refractivity contribution in [2.75, 3.05) is 25.1 Å². The second-order valence-electron chi connectivity index (χ2n) is 5.60. The van der Waals surface area contributed by atoms with Gasteiger partial charge in [0.1, 0.15) is 6.10 Å². The summed E-state index contributed by atoms with van der Waals surface area (Å²) < 4.78 is 12.9. The monoisotopic (exact) mass is 326 g/mol. The molecule has 0 bridgehead atoms. The zero-order valence-electron chi connectivity index (χ0n) is 13.4. The lowest BCUT2D eigenvalue weighted by Gasteiger charge is -2.31. The molecule has 0 saturated carbocycles. The quantitative estimate of drug-likeness (QED) is 0.720. The molecule has 4 heterocycles. The second-order valence-corrected chi connectivity index (χ2v) is 5.60. The molecule has 3 aromatic heterocycles. The first kappa shape index (κ1) is 14.7. The summed E-state index contributed by atoms with van der Waals surface area (Å²) in [5.41, 5.74) is 0.787. The van der Waals surface area contributed by atoms with Crippen molar-refractivity contribution in [2.24, 2.45) is 0 Å². The predicted octanol–water partition coefficient (Wildman–Crippen LogP) is 1.58. The minimum absolute atomic E-state index is 0.143. The molecular weight excluding hydrogens is 308 g/mol. The first-order valence-electron chi connectivity index (χ1n) is 7.91. The van der Waals surface area contributed by atoms with Gasteiger partial charge in [-0.3, -0.25) is 0 Å². The molecule has 3 aromatic rings. The molecule has 1 aliphatic rings. The fourth-order valence-electron chi connectivity index (χ4n) is 2.80. The Morgan fingerprint density at radius 1 is 1.04 bits per heavy atom. The normalized spacial score (nSPS) is 15.6. The molecule has 0 N–H and O–H groups in total. The number of fused-ring (bicyclic) bond motifs is 1. The van der Waals surface area contributed by atoms with Crippen LogP contribution in [0.2, 0.25) is 0 Å². The SMILES string of the molecule is COc1ccnc(N2CCC(Oc3ccn4nccc4n3)CC2)n1. The van der Waals surface area contributed by atoms with Crippen molar-refractivity contribution in [2.45, 2.75) is 18.9 Å². The third-order valence-electron chi connectivity index (χ3n) is 4.07. The number of hydrogen-bond donors (Lipinski definition) is 0. The summed E-state index contributed by atoms with van der Waals surface area (Å²) in [5, 5.41) is 4.13. The maximum atomic E-state index is 6.02. The molecule has 0 aromatic carbocycles. The van der Waals surface area contributed by atoms with Gasteiger partial charge in [0.2, 0.25) is 17.7 Å². The molecule has 0 unspecified atom stereocenters. The van der Waals surface area contributed by atoms with E-state index in [1.54, 1.807) is 30.1 Å². The Morgan fingerprint density at radius 2 is 1.92 bits per heavy atom. The van der Waals surface area contributed by atoms with Crippen molar-refractivity contribution in [3.63, 3.8) is 0 Å². The number of hydrogen-bond acceptors (Lipinski definition) is 7. The van der Waals surface area contributed by atoms with Crippen molar-refractivity contribution in [3.8, 4) is 11.8 Å². The van der Waals surface area contributed by atoms with Crippen molar-refractivity contribution in [1.29, 1.82) is 0 Å². The number of ether oxygens (including phenoxy) is 2. The molecule has 8 nitrogen and oxygen atoms in total. The minimum Gasteiger partial charge on any atom is -0.481 e. The summed E-state index contributed by atoms with van der Waals surface area (Å²) in [6, 6.07) is 5.45. The summed E-state index contributed by atoms with van der Waals surface area (Å²) in [6.45, 7) is 1.68. The van der Waals surface area contributed by atoms with Gasteiger partial charge in [-0.1, -0.05) is 0 Å². The summed E-state index contributed by atoms with van der Waals surface area (Å²) in [4.78, 5) is 15.3. The van der Waals surface area contributed by atoms with Gasteiger partial charge in [-0.2, -0.15) is 15.1 Å². The first-order chi connectivity index (χ1) is 11.8. The predicted molar refractivity (Wildman–Crippen MR) is 87.4 cm³/mol. The average Bonchev–Trinajstić information content (AvgIpc) is 3.10. The van der Waals surface area contributed by atoms with Crippen LogP contribution in [0.15, 0.2) is 36.8 Å². The van der Waals surface area contributed by atoms with E-state index in [-0.39, 0.29) is 6.10 Å². The molecule has 24 heavy (non-hydrogen) atoms. The molecule has 1 fully saturated rings. The Bertz CT molecular complexity index is 828.